The normalized spacial score (nSPS) is 27.9. The lowest BCUT2D eigenvalue weighted by Gasteiger charge is -2.48. The van der Waals surface area contributed by atoms with Crippen LogP contribution in [-0.2, 0) is 19.9 Å². The highest BCUT2D eigenvalue weighted by molar-refractivity contribution is 6.44. The second-order valence-corrected chi connectivity index (χ2v) is 11.7. The number of anilines is 1. The number of hydrogen-bond donors (Lipinski definition) is 1. The van der Waals surface area contributed by atoms with E-state index < -0.39 is 5.60 Å². The van der Waals surface area contributed by atoms with Crippen molar-refractivity contribution in [3.63, 3.8) is 0 Å². The number of morpholine rings is 1. The van der Waals surface area contributed by atoms with E-state index in [1.54, 1.807) is 6.08 Å². The summed E-state index contributed by atoms with van der Waals surface area (Å²) in [6, 6.07) is 7.26. The van der Waals surface area contributed by atoms with Crippen molar-refractivity contribution in [2.24, 2.45) is 4.99 Å². The molecule has 0 saturated carbocycles. The van der Waals surface area contributed by atoms with Crippen molar-refractivity contribution in [1.82, 2.24) is 9.80 Å². The van der Waals surface area contributed by atoms with E-state index in [0.717, 1.165) is 76.2 Å². The fourth-order valence-electron chi connectivity index (χ4n) is 6.50. The van der Waals surface area contributed by atoms with E-state index in [9.17, 15) is 4.79 Å². The van der Waals surface area contributed by atoms with Crippen LogP contribution in [0.3, 0.4) is 0 Å². The third kappa shape index (κ3) is 6.39. The summed E-state index contributed by atoms with van der Waals surface area (Å²) in [7, 11) is 2.21. The number of rotatable bonds is 8. The van der Waals surface area contributed by atoms with E-state index in [4.69, 9.17) is 16.0 Å². The summed E-state index contributed by atoms with van der Waals surface area (Å²) < 4.78 is 12.5. The van der Waals surface area contributed by atoms with E-state index in [1.807, 2.05) is 0 Å². The molecule has 1 N–H and O–H groups in total. The Kier molecular flexibility index (Phi) is 9.17. The molecule has 1 aromatic carbocycles. The first-order valence-corrected chi connectivity index (χ1v) is 14.8. The Labute approximate surface area is 238 Å². The van der Waals surface area contributed by atoms with Crippen molar-refractivity contribution in [2.45, 2.75) is 76.5 Å². The number of carbonyl (C=O) groups is 1. The number of hydrogen-bond acceptors (Lipinski definition) is 6. The molecule has 5 rings (SSSR count). The van der Waals surface area contributed by atoms with Gasteiger partial charge in [-0.25, -0.2) is 0 Å². The molecule has 8 nitrogen and oxygen atoms in total. The first-order valence-electron chi connectivity index (χ1n) is 14.8. The third-order valence-electron chi connectivity index (χ3n) is 9.07. The average Bonchev–Trinajstić information content (AvgIpc) is 3.47. The lowest BCUT2D eigenvalue weighted by atomic mass is 9.77. The van der Waals surface area contributed by atoms with Crippen LogP contribution >= 0.6 is 0 Å². The Morgan fingerprint density at radius 1 is 1.20 bits per heavy atom. The van der Waals surface area contributed by atoms with Crippen molar-refractivity contribution >= 4 is 22.9 Å². The van der Waals surface area contributed by atoms with Gasteiger partial charge in [0.05, 0.1) is 25.4 Å². The molecule has 1 amide bonds. The van der Waals surface area contributed by atoms with Gasteiger partial charge in [-0.3, -0.25) is 9.69 Å². The molecular weight excluding hydrogens is 502 g/mol. The summed E-state index contributed by atoms with van der Waals surface area (Å²) in [4.78, 5) is 25.6. The fraction of sp³-hybridized carbons (Fsp3) is 0.594. The fourth-order valence-corrected chi connectivity index (χ4v) is 6.50. The van der Waals surface area contributed by atoms with Gasteiger partial charge in [-0.2, -0.15) is 0 Å². The number of ether oxygens (including phenoxy) is 2. The minimum Gasteiger partial charge on any atom is -0.379 e. The number of nitrogens with one attached hydrogen (secondary N) is 1. The van der Waals surface area contributed by atoms with E-state index in [1.165, 1.54) is 17.6 Å². The quantitative estimate of drug-likeness (QED) is 0.453. The molecule has 0 radical (unpaired) electrons. The number of allylic oxidation sites excluding steroid dienone is 3. The smallest absolute Gasteiger partial charge is 0.293 e. The van der Waals surface area contributed by atoms with Gasteiger partial charge in [0.15, 0.2) is 5.71 Å². The molecule has 2 unspecified atom stereocenters. The van der Waals surface area contributed by atoms with Crippen LogP contribution in [0, 0.1) is 6.57 Å². The van der Waals surface area contributed by atoms with Gasteiger partial charge >= 0.3 is 0 Å². The van der Waals surface area contributed by atoms with Gasteiger partial charge in [0.25, 0.3) is 11.7 Å². The number of benzene rings is 1. The maximum atomic E-state index is 13.1. The van der Waals surface area contributed by atoms with Gasteiger partial charge in [0.1, 0.15) is 0 Å². The van der Waals surface area contributed by atoms with Crippen LogP contribution in [-0.4, -0.2) is 80.0 Å². The molecule has 0 spiro atoms. The minimum atomic E-state index is -0.395. The molecule has 2 saturated heterocycles. The number of piperidine rings is 1. The van der Waals surface area contributed by atoms with Crippen LogP contribution in [0.1, 0.15) is 69.9 Å². The predicted molar refractivity (Wildman–Crippen MR) is 159 cm³/mol. The zero-order valence-electron chi connectivity index (χ0n) is 24.2. The molecule has 1 aliphatic carbocycles. The molecule has 2 fully saturated rings. The van der Waals surface area contributed by atoms with Gasteiger partial charge < -0.3 is 24.5 Å². The molecule has 8 heteroatoms. The first-order chi connectivity index (χ1) is 19.4. The van der Waals surface area contributed by atoms with Crippen LogP contribution in [0.2, 0.25) is 0 Å². The van der Waals surface area contributed by atoms with Crippen LogP contribution in [0.4, 0.5) is 5.69 Å². The van der Waals surface area contributed by atoms with Gasteiger partial charge in [-0.1, -0.05) is 24.8 Å². The van der Waals surface area contributed by atoms with Gasteiger partial charge in [-0.05, 0) is 82.7 Å². The number of carbonyl (C=O) groups excluding carboxylic acids is 1. The highest BCUT2D eigenvalue weighted by atomic mass is 16.5. The van der Waals surface area contributed by atoms with Crippen molar-refractivity contribution in [3.05, 3.63) is 58.7 Å². The number of aliphatic imine (C=N–C) groups is 1. The Balaban J connectivity index is 1.45. The first kappa shape index (κ1) is 28.7. The Morgan fingerprint density at radius 3 is 2.65 bits per heavy atom. The highest BCUT2D eigenvalue weighted by Crippen LogP contribution is 2.44. The summed E-state index contributed by atoms with van der Waals surface area (Å²) in [6.45, 7) is 16.8. The van der Waals surface area contributed by atoms with Crippen molar-refractivity contribution in [3.8, 4) is 0 Å². The molecule has 40 heavy (non-hydrogen) atoms. The maximum Gasteiger partial charge on any atom is 0.293 e. The van der Waals surface area contributed by atoms with E-state index >= 15 is 0 Å². The zero-order chi connectivity index (χ0) is 28.1. The highest BCUT2D eigenvalue weighted by Gasteiger charge is 2.43. The van der Waals surface area contributed by atoms with E-state index in [-0.39, 0.29) is 11.7 Å². The van der Waals surface area contributed by atoms with Gasteiger partial charge in [0, 0.05) is 49.4 Å². The summed E-state index contributed by atoms with van der Waals surface area (Å²) in [5.74, 6) is 0.0516. The summed E-state index contributed by atoms with van der Waals surface area (Å²) >= 11 is 0. The molecule has 3 heterocycles. The monoisotopic (exact) mass is 545 g/mol. The zero-order valence-corrected chi connectivity index (χ0v) is 24.2. The van der Waals surface area contributed by atoms with E-state index in [2.05, 4.69) is 70.1 Å². The summed E-state index contributed by atoms with van der Waals surface area (Å²) in [5.41, 5.74) is 4.36. The number of likely N-dealkylation sites (tertiary alicyclic amines) is 1. The van der Waals surface area contributed by atoms with Crippen LogP contribution in [0.5, 0.6) is 0 Å². The van der Waals surface area contributed by atoms with Crippen molar-refractivity contribution in [1.29, 1.82) is 0 Å². The standard InChI is InChI=1S/C32H43N5O3/c1-23-21-32(22-24(2)36(23)4,40-19-16-37-14-17-39-18-15-37)26-10-11-28(27(20-26)25-8-6-5-7-9-25)35-31(38)29-12-13-30(33-3)34-29/h8,10-11,13,20,23-24H,5-7,9,12,14-19,21-22H2,1-2,4H3,(H,35,38). The Hall–Kier alpha value is -2.83. The molecule has 2 atom stereocenters. The van der Waals surface area contributed by atoms with Crippen molar-refractivity contribution in [2.75, 3.05) is 51.8 Å². The molecular formula is C32H43N5O3. The lowest BCUT2D eigenvalue weighted by Crippen LogP contribution is -2.52. The van der Waals surface area contributed by atoms with Crippen LogP contribution < -0.4 is 5.32 Å². The van der Waals surface area contributed by atoms with Gasteiger partial charge in [-0.15, -0.1) is 4.99 Å². The molecule has 214 valence electrons. The summed E-state index contributed by atoms with van der Waals surface area (Å²) in [6.07, 6.45) is 10.7. The number of amides is 1. The third-order valence-corrected chi connectivity index (χ3v) is 9.07. The topological polar surface area (TPSA) is 70.8 Å². The average molecular weight is 546 g/mol. The molecule has 3 aliphatic heterocycles. The molecule has 0 bridgehead atoms. The Bertz CT molecular complexity index is 1210. The van der Waals surface area contributed by atoms with E-state index in [0.29, 0.717) is 30.8 Å². The minimum absolute atomic E-state index is 0.238. The molecule has 1 aromatic rings. The lowest BCUT2D eigenvalue weighted by molar-refractivity contribution is -0.120. The second kappa shape index (κ2) is 12.8. The van der Waals surface area contributed by atoms with Crippen molar-refractivity contribution < 1.29 is 14.3 Å². The second-order valence-electron chi connectivity index (χ2n) is 11.7. The van der Waals surface area contributed by atoms with Crippen LogP contribution in [0.15, 0.2) is 41.2 Å². The predicted octanol–water partition coefficient (Wildman–Crippen LogP) is 5.23. The number of nitrogens with zero attached hydrogens (tertiary/aromatic N) is 4. The molecule has 0 aromatic heterocycles. The Morgan fingerprint density at radius 2 is 1.98 bits per heavy atom. The maximum absolute atomic E-state index is 13.1. The summed E-state index contributed by atoms with van der Waals surface area (Å²) in [5, 5.41) is 3.13. The van der Waals surface area contributed by atoms with Crippen LogP contribution in [0.25, 0.3) is 10.4 Å². The van der Waals surface area contributed by atoms with Gasteiger partial charge in [0.2, 0.25) is 0 Å². The largest absolute Gasteiger partial charge is 0.379 e. The SMILES string of the molecule is [C-]#[N+]C1=CCC(C(=O)Nc2ccc(C3(OCCN4CCOCC4)CC(C)N(C)C(C)C3)cc2C2=CCCCC2)=N1. The molecule has 4 aliphatic rings.